The van der Waals surface area contributed by atoms with Gasteiger partial charge in [-0.15, -0.1) is 5.98 Å². The predicted octanol–water partition coefficient (Wildman–Crippen LogP) is 1.31. The van der Waals surface area contributed by atoms with Gasteiger partial charge in [0.25, 0.3) is 0 Å². The van der Waals surface area contributed by atoms with Crippen molar-refractivity contribution in [3.63, 3.8) is 0 Å². The van der Waals surface area contributed by atoms with Crippen LogP contribution in [0.5, 0.6) is 0 Å². The van der Waals surface area contributed by atoms with Gasteiger partial charge in [0.1, 0.15) is 0 Å². The highest BCUT2D eigenvalue weighted by Gasteiger charge is 2.16. The summed E-state index contributed by atoms with van der Waals surface area (Å²) in [6, 6.07) is 0. The van der Waals surface area contributed by atoms with Crippen molar-refractivity contribution >= 4 is 6.98 Å². The van der Waals surface area contributed by atoms with E-state index >= 15 is 0 Å². The van der Waals surface area contributed by atoms with Crippen molar-refractivity contribution in [3.8, 4) is 0 Å². The molecular weight excluding hydrogens is 132 g/mol. The SMILES string of the molecule is C[C@@H](O)/C=C/[B-](F)(F)F. The molecule has 5 heteroatoms. The summed E-state index contributed by atoms with van der Waals surface area (Å²) >= 11 is 0. The Morgan fingerprint density at radius 2 is 1.89 bits per heavy atom. The van der Waals surface area contributed by atoms with Crippen LogP contribution in [0.2, 0.25) is 0 Å². The van der Waals surface area contributed by atoms with E-state index in [-0.39, 0.29) is 5.98 Å². The minimum atomic E-state index is -4.87. The molecule has 0 aromatic heterocycles. The Morgan fingerprint density at radius 1 is 1.44 bits per heavy atom. The summed E-state index contributed by atoms with van der Waals surface area (Å²) < 4.78 is 33.8. The maximum absolute atomic E-state index is 11.3. The fraction of sp³-hybridized carbons (Fsp3) is 0.500. The molecule has 0 rings (SSSR count). The smallest absolute Gasteiger partial charge is 0.445 e. The van der Waals surface area contributed by atoms with Crippen molar-refractivity contribution in [2.45, 2.75) is 13.0 Å². The highest BCUT2D eigenvalue weighted by atomic mass is 19.4. The van der Waals surface area contributed by atoms with Gasteiger partial charge in [0.2, 0.25) is 0 Å². The molecule has 0 fully saturated rings. The Labute approximate surface area is 51.2 Å². The largest absolute Gasteiger partial charge is 0.502 e. The van der Waals surface area contributed by atoms with Crippen LogP contribution in [0.1, 0.15) is 6.92 Å². The number of hydrogen-bond acceptors (Lipinski definition) is 1. The van der Waals surface area contributed by atoms with E-state index in [2.05, 4.69) is 0 Å². The molecule has 0 radical (unpaired) electrons. The van der Waals surface area contributed by atoms with Crippen LogP contribution in [0.15, 0.2) is 12.1 Å². The zero-order valence-corrected chi connectivity index (χ0v) is 4.89. The molecule has 1 N–H and O–H groups in total. The zero-order chi connectivity index (χ0) is 7.49. The normalized spacial score (nSPS) is 16.6. The van der Waals surface area contributed by atoms with Crippen LogP contribution in [-0.4, -0.2) is 18.2 Å². The van der Waals surface area contributed by atoms with E-state index in [9.17, 15) is 12.9 Å². The molecule has 0 saturated heterocycles. The van der Waals surface area contributed by atoms with Crippen LogP contribution >= 0.6 is 0 Å². The second kappa shape index (κ2) is 2.91. The van der Waals surface area contributed by atoms with Gasteiger partial charge in [-0.3, -0.25) is 0 Å². The van der Waals surface area contributed by atoms with Gasteiger partial charge in [-0.25, -0.2) is 0 Å². The first-order valence-electron chi connectivity index (χ1n) is 2.49. The van der Waals surface area contributed by atoms with Crippen molar-refractivity contribution in [1.82, 2.24) is 0 Å². The molecule has 0 aliphatic heterocycles. The summed E-state index contributed by atoms with van der Waals surface area (Å²) in [4.78, 5) is 0. The Balaban J connectivity index is 3.71. The number of halogens is 3. The van der Waals surface area contributed by atoms with E-state index in [1.165, 1.54) is 6.92 Å². The average Bonchev–Trinajstić information content (AvgIpc) is 1.59. The summed E-state index contributed by atoms with van der Waals surface area (Å²) in [6.07, 6.45) is -0.312. The fourth-order valence-electron chi connectivity index (χ4n) is 0.287. The van der Waals surface area contributed by atoms with Crippen LogP contribution in [0.25, 0.3) is 0 Å². The minimum Gasteiger partial charge on any atom is -0.445 e. The van der Waals surface area contributed by atoms with E-state index in [0.29, 0.717) is 6.08 Å². The van der Waals surface area contributed by atoms with E-state index in [1.54, 1.807) is 0 Å². The van der Waals surface area contributed by atoms with Gasteiger partial charge in [0.15, 0.2) is 0 Å². The Bertz CT molecular complexity index is 107. The van der Waals surface area contributed by atoms with Crippen molar-refractivity contribution in [2.75, 3.05) is 0 Å². The van der Waals surface area contributed by atoms with Crippen LogP contribution in [0.3, 0.4) is 0 Å². The van der Waals surface area contributed by atoms with Crippen LogP contribution in [0.4, 0.5) is 12.9 Å². The Hall–Kier alpha value is -0.445. The summed E-state index contributed by atoms with van der Waals surface area (Å²) in [5, 5.41) is 8.34. The topological polar surface area (TPSA) is 20.2 Å². The molecule has 0 aromatic carbocycles. The van der Waals surface area contributed by atoms with E-state index in [1.807, 2.05) is 0 Å². The van der Waals surface area contributed by atoms with Crippen molar-refractivity contribution in [2.24, 2.45) is 0 Å². The molecule has 0 saturated carbocycles. The van der Waals surface area contributed by atoms with Crippen molar-refractivity contribution in [3.05, 3.63) is 12.1 Å². The summed E-state index contributed by atoms with van der Waals surface area (Å²) in [5.41, 5.74) is 0. The number of aliphatic hydroxyl groups is 1. The molecule has 0 aromatic rings. The molecule has 0 spiro atoms. The van der Waals surface area contributed by atoms with E-state index in [4.69, 9.17) is 5.11 Å². The molecule has 9 heavy (non-hydrogen) atoms. The van der Waals surface area contributed by atoms with Gasteiger partial charge >= 0.3 is 6.98 Å². The highest BCUT2D eigenvalue weighted by Crippen LogP contribution is 2.09. The molecular formula is C4H7BF3O-. The van der Waals surface area contributed by atoms with Gasteiger partial charge in [-0.1, -0.05) is 6.08 Å². The van der Waals surface area contributed by atoms with E-state index < -0.39 is 13.1 Å². The lowest BCUT2D eigenvalue weighted by Gasteiger charge is -2.06. The Kier molecular flexibility index (Phi) is 2.77. The number of aliphatic hydroxyl groups excluding tert-OH is 1. The molecule has 0 unspecified atom stereocenters. The Morgan fingerprint density at radius 3 is 2.00 bits per heavy atom. The van der Waals surface area contributed by atoms with Gasteiger partial charge in [0, 0.05) is 0 Å². The predicted molar refractivity (Wildman–Crippen MR) is 29.9 cm³/mol. The molecule has 0 aliphatic carbocycles. The monoisotopic (exact) mass is 139 g/mol. The second-order valence-corrected chi connectivity index (χ2v) is 1.75. The molecule has 0 amide bonds. The first kappa shape index (κ1) is 8.55. The molecule has 0 bridgehead atoms. The lowest BCUT2D eigenvalue weighted by molar-refractivity contribution is 0.244. The lowest BCUT2D eigenvalue weighted by atomic mass is 9.91. The molecule has 1 atom stereocenters. The maximum Gasteiger partial charge on any atom is 0.502 e. The molecule has 0 aliphatic rings. The molecule has 54 valence electrons. The van der Waals surface area contributed by atoms with Gasteiger partial charge in [0.05, 0.1) is 6.10 Å². The lowest BCUT2D eigenvalue weighted by Crippen LogP contribution is -2.11. The standard InChI is InChI=1S/C4H7BF3O/c1-4(9)2-3-5(6,7)8/h2-4,9H,1H3/q-1/b3-2+/t4-/m1/s1. The average molecular weight is 139 g/mol. The van der Waals surface area contributed by atoms with Gasteiger partial charge in [-0.2, -0.15) is 0 Å². The minimum absolute atomic E-state index is 0.0741. The zero-order valence-electron chi connectivity index (χ0n) is 4.89. The summed E-state index contributed by atoms with van der Waals surface area (Å²) in [7, 11) is 0. The highest BCUT2D eigenvalue weighted by molar-refractivity contribution is 6.64. The third-order valence-corrected chi connectivity index (χ3v) is 0.608. The molecule has 1 nitrogen and oxygen atoms in total. The van der Waals surface area contributed by atoms with Gasteiger partial charge in [-0.05, 0) is 6.92 Å². The summed E-state index contributed by atoms with van der Waals surface area (Å²) in [6.45, 7) is -3.61. The first-order chi connectivity index (χ1) is 3.92. The van der Waals surface area contributed by atoms with Gasteiger partial charge < -0.3 is 18.1 Å². The van der Waals surface area contributed by atoms with Crippen LogP contribution < -0.4 is 0 Å². The van der Waals surface area contributed by atoms with Crippen LogP contribution in [-0.2, 0) is 0 Å². The van der Waals surface area contributed by atoms with Crippen molar-refractivity contribution in [1.29, 1.82) is 0 Å². The number of rotatable bonds is 2. The third kappa shape index (κ3) is 7.55. The maximum atomic E-state index is 11.3. The van der Waals surface area contributed by atoms with Crippen molar-refractivity contribution < 1.29 is 18.1 Å². The second-order valence-electron chi connectivity index (χ2n) is 1.75. The first-order valence-corrected chi connectivity index (χ1v) is 2.49. The summed E-state index contributed by atoms with van der Waals surface area (Å²) in [5.74, 6) is 0.0741. The fourth-order valence-corrected chi connectivity index (χ4v) is 0.287. The molecule has 0 heterocycles. The van der Waals surface area contributed by atoms with E-state index in [0.717, 1.165) is 0 Å². The quantitative estimate of drug-likeness (QED) is 0.571. The van der Waals surface area contributed by atoms with Crippen LogP contribution in [0, 0.1) is 0 Å². The third-order valence-electron chi connectivity index (χ3n) is 0.608. The number of hydrogen-bond donors (Lipinski definition) is 1.